The second kappa shape index (κ2) is 7.56. The molecule has 0 aliphatic heterocycles. The van der Waals surface area contributed by atoms with Crippen molar-refractivity contribution >= 4 is 21.6 Å². The lowest BCUT2D eigenvalue weighted by Gasteiger charge is -2.12. The summed E-state index contributed by atoms with van der Waals surface area (Å²) < 4.78 is 64.5. The molecule has 1 heterocycles. The van der Waals surface area contributed by atoms with E-state index in [1.54, 1.807) is 0 Å². The van der Waals surface area contributed by atoms with E-state index in [-0.39, 0.29) is 17.8 Å². The zero-order valence-corrected chi connectivity index (χ0v) is 14.1. The average Bonchev–Trinajstić information content (AvgIpc) is 2.59. The van der Waals surface area contributed by atoms with E-state index in [4.69, 9.17) is 0 Å². The quantitative estimate of drug-likeness (QED) is 0.749. The number of carbonyl (C=O) groups excluding carboxylic acids is 1. The van der Waals surface area contributed by atoms with Crippen LogP contribution in [0.3, 0.4) is 0 Å². The second-order valence-corrected chi connectivity index (χ2v) is 6.66. The van der Waals surface area contributed by atoms with Crippen LogP contribution < -0.4 is 10.0 Å². The van der Waals surface area contributed by atoms with Crippen molar-refractivity contribution in [3.05, 3.63) is 66.4 Å². The molecule has 2 N–H and O–H groups in total. The number of nitrogens with zero attached hydrogens (tertiary/aromatic N) is 1. The lowest BCUT2D eigenvalue weighted by Crippen LogP contribution is -2.25. The Bertz CT molecular complexity index is 910. The third-order valence-corrected chi connectivity index (χ3v) is 4.44. The van der Waals surface area contributed by atoms with Gasteiger partial charge in [-0.15, -0.1) is 6.58 Å². The molecule has 1 aromatic carbocycles. The molecule has 0 unspecified atom stereocenters. The second-order valence-electron chi connectivity index (χ2n) is 5.03. The molecular weight excluding hydrogens is 371 g/mol. The van der Waals surface area contributed by atoms with E-state index in [1.165, 1.54) is 30.3 Å². The van der Waals surface area contributed by atoms with E-state index in [0.717, 1.165) is 6.07 Å². The van der Waals surface area contributed by atoms with E-state index in [0.29, 0.717) is 12.3 Å². The number of hydrogen-bond acceptors (Lipinski definition) is 4. The van der Waals surface area contributed by atoms with Crippen molar-refractivity contribution in [3.63, 3.8) is 0 Å². The van der Waals surface area contributed by atoms with Crippen LogP contribution >= 0.6 is 0 Å². The molecule has 138 valence electrons. The molecule has 1 amide bonds. The van der Waals surface area contributed by atoms with Gasteiger partial charge in [0.25, 0.3) is 15.9 Å². The Balaban J connectivity index is 2.30. The van der Waals surface area contributed by atoms with Crippen molar-refractivity contribution in [1.82, 2.24) is 10.3 Å². The molecule has 0 aliphatic rings. The van der Waals surface area contributed by atoms with Crippen LogP contribution in [0.1, 0.15) is 15.9 Å². The summed E-state index contributed by atoms with van der Waals surface area (Å²) in [5.74, 6) is -0.538. The van der Waals surface area contributed by atoms with E-state index in [2.05, 4.69) is 21.6 Å². The highest BCUT2D eigenvalue weighted by atomic mass is 32.2. The summed E-state index contributed by atoms with van der Waals surface area (Å²) >= 11 is 0. The number of pyridine rings is 1. The molecule has 2 rings (SSSR count). The van der Waals surface area contributed by atoms with E-state index >= 15 is 0 Å². The Hall–Kier alpha value is -2.88. The summed E-state index contributed by atoms with van der Waals surface area (Å²) in [6.07, 6.45) is -2.74. The molecule has 0 radical (unpaired) electrons. The molecule has 0 spiro atoms. The number of hydrogen-bond donors (Lipinski definition) is 2. The molecule has 10 heteroatoms. The van der Waals surface area contributed by atoms with Crippen LogP contribution in [-0.2, 0) is 16.2 Å². The van der Waals surface area contributed by atoms with Gasteiger partial charge in [-0.25, -0.2) is 4.98 Å². The lowest BCUT2D eigenvalue weighted by atomic mass is 10.1. The lowest BCUT2D eigenvalue weighted by molar-refractivity contribution is -0.137. The summed E-state index contributed by atoms with van der Waals surface area (Å²) in [6.45, 7) is 3.64. The third-order valence-electron chi connectivity index (χ3n) is 3.16. The van der Waals surface area contributed by atoms with Crippen molar-refractivity contribution < 1.29 is 26.4 Å². The number of aromatic nitrogens is 1. The first-order valence-corrected chi connectivity index (χ1v) is 8.67. The smallest absolute Gasteiger partial charge is 0.349 e. The van der Waals surface area contributed by atoms with Crippen LogP contribution in [0.5, 0.6) is 0 Å². The largest absolute Gasteiger partial charge is 0.417 e. The molecule has 0 saturated carbocycles. The maximum absolute atomic E-state index is 12.6. The van der Waals surface area contributed by atoms with Gasteiger partial charge < -0.3 is 5.32 Å². The third kappa shape index (κ3) is 4.60. The average molecular weight is 385 g/mol. The van der Waals surface area contributed by atoms with Crippen LogP contribution in [0.15, 0.2) is 60.3 Å². The molecule has 0 aliphatic carbocycles. The zero-order valence-electron chi connectivity index (χ0n) is 13.2. The summed E-state index contributed by atoms with van der Waals surface area (Å²) in [6, 6.07) is 7.15. The normalized spacial score (nSPS) is 11.7. The summed E-state index contributed by atoms with van der Waals surface area (Å²) in [5, 5.41) is 1.90. The minimum Gasteiger partial charge on any atom is -0.349 e. The van der Waals surface area contributed by atoms with Gasteiger partial charge in [0, 0.05) is 12.7 Å². The number of sulfonamides is 1. The number of benzene rings is 1. The SMILES string of the molecule is C=CCNC(=O)c1ccccc1NS(=O)(=O)c1ccc(C(F)(F)F)cn1. The van der Waals surface area contributed by atoms with Gasteiger partial charge in [0.15, 0.2) is 5.03 Å². The van der Waals surface area contributed by atoms with Gasteiger partial charge >= 0.3 is 6.18 Å². The zero-order chi connectivity index (χ0) is 19.4. The molecule has 26 heavy (non-hydrogen) atoms. The molecule has 0 bridgehead atoms. The van der Waals surface area contributed by atoms with E-state index < -0.39 is 32.7 Å². The Labute approximate surface area is 147 Å². The Morgan fingerprint density at radius 3 is 2.46 bits per heavy atom. The highest BCUT2D eigenvalue weighted by molar-refractivity contribution is 7.92. The molecule has 0 atom stereocenters. The van der Waals surface area contributed by atoms with Crippen LogP contribution in [0, 0.1) is 0 Å². The predicted octanol–water partition coefficient (Wildman–Crippen LogP) is 2.82. The van der Waals surface area contributed by atoms with Crippen LogP contribution in [-0.4, -0.2) is 25.9 Å². The monoisotopic (exact) mass is 385 g/mol. The topological polar surface area (TPSA) is 88.2 Å². The van der Waals surface area contributed by atoms with Gasteiger partial charge in [-0.3, -0.25) is 9.52 Å². The van der Waals surface area contributed by atoms with Gasteiger partial charge in [0.05, 0.1) is 16.8 Å². The molecule has 6 nitrogen and oxygen atoms in total. The molecule has 0 fully saturated rings. The Morgan fingerprint density at radius 1 is 1.19 bits per heavy atom. The molecule has 1 aromatic heterocycles. The van der Waals surface area contributed by atoms with E-state index in [1.807, 2.05) is 0 Å². The Kier molecular flexibility index (Phi) is 5.66. The summed E-state index contributed by atoms with van der Waals surface area (Å²) in [4.78, 5) is 15.4. The number of halogens is 3. The number of rotatable bonds is 6. The van der Waals surface area contributed by atoms with E-state index in [9.17, 15) is 26.4 Å². The first-order valence-electron chi connectivity index (χ1n) is 7.19. The van der Waals surface area contributed by atoms with Crippen LogP contribution in [0.2, 0.25) is 0 Å². The first kappa shape index (κ1) is 19.4. The van der Waals surface area contributed by atoms with Crippen molar-refractivity contribution in [2.75, 3.05) is 11.3 Å². The highest BCUT2D eigenvalue weighted by Gasteiger charge is 2.31. The minimum atomic E-state index is -4.63. The summed E-state index contributed by atoms with van der Waals surface area (Å²) in [5.41, 5.74) is -1.05. The van der Waals surface area contributed by atoms with Crippen molar-refractivity contribution in [1.29, 1.82) is 0 Å². The fraction of sp³-hybridized carbons (Fsp3) is 0.125. The first-order chi connectivity index (χ1) is 12.1. The maximum Gasteiger partial charge on any atom is 0.417 e. The number of carbonyl (C=O) groups is 1. The number of alkyl halides is 3. The van der Waals surface area contributed by atoms with Crippen molar-refractivity contribution in [2.24, 2.45) is 0 Å². The maximum atomic E-state index is 12.6. The standard InChI is InChI=1S/C16H14F3N3O3S/c1-2-9-20-15(23)12-5-3-4-6-13(12)22-26(24,25)14-8-7-11(10-21-14)16(17,18)19/h2-8,10,22H,1,9H2,(H,20,23). The molecular formula is C16H14F3N3O3S. The van der Waals surface area contributed by atoms with Gasteiger partial charge in [0.1, 0.15) is 0 Å². The summed E-state index contributed by atoms with van der Waals surface area (Å²) in [7, 11) is -4.28. The fourth-order valence-corrected chi connectivity index (χ4v) is 2.94. The van der Waals surface area contributed by atoms with Gasteiger partial charge in [-0.1, -0.05) is 18.2 Å². The fourth-order valence-electron chi connectivity index (χ4n) is 1.93. The number of anilines is 1. The Morgan fingerprint density at radius 2 is 1.88 bits per heavy atom. The highest BCUT2D eigenvalue weighted by Crippen LogP contribution is 2.29. The van der Waals surface area contributed by atoms with Crippen molar-refractivity contribution in [2.45, 2.75) is 11.2 Å². The minimum absolute atomic E-state index is 0.0317. The number of nitrogens with one attached hydrogen (secondary N) is 2. The molecule has 0 saturated heterocycles. The van der Waals surface area contributed by atoms with Crippen LogP contribution in [0.25, 0.3) is 0 Å². The predicted molar refractivity (Wildman–Crippen MR) is 89.0 cm³/mol. The molecule has 2 aromatic rings. The van der Waals surface area contributed by atoms with Gasteiger partial charge in [-0.05, 0) is 24.3 Å². The van der Waals surface area contributed by atoms with Gasteiger partial charge in [-0.2, -0.15) is 21.6 Å². The van der Waals surface area contributed by atoms with Crippen molar-refractivity contribution in [3.8, 4) is 0 Å². The van der Waals surface area contributed by atoms with Gasteiger partial charge in [0.2, 0.25) is 0 Å². The van der Waals surface area contributed by atoms with Crippen LogP contribution in [0.4, 0.5) is 18.9 Å². The number of para-hydroxylation sites is 1. The number of amides is 1.